The maximum absolute atomic E-state index is 12.6. The Morgan fingerprint density at radius 3 is 2.80 bits per heavy atom. The van der Waals surface area contributed by atoms with Crippen LogP contribution in [-0.4, -0.2) is 32.6 Å². The van der Waals surface area contributed by atoms with E-state index in [1.54, 1.807) is 12.3 Å². The molecule has 5 nitrogen and oxygen atoms in total. The number of nitrogens with one attached hydrogen (secondary N) is 1. The number of thiocarbonyl (C=S) groups is 1. The number of thiophene rings is 1. The molecule has 152 valence electrons. The average Bonchev–Trinajstić information content (AvgIpc) is 3.43. The molecule has 0 aliphatic carbocycles. The fraction of sp³-hybridized carbons (Fsp3) is 0.100. The molecule has 2 amide bonds. The van der Waals surface area contributed by atoms with Gasteiger partial charge in [0.25, 0.3) is 5.91 Å². The number of thioether (sulfide) groups is 1. The molecule has 10 heteroatoms. The number of carbonyl (C=O) groups excluding carboxylic acids is 2. The molecular formula is C20H14ClN3O2S4. The maximum Gasteiger partial charge on any atom is 0.266 e. The van der Waals surface area contributed by atoms with E-state index in [-0.39, 0.29) is 18.4 Å². The summed E-state index contributed by atoms with van der Waals surface area (Å²) in [5.74, 6) is -0.591. The third-order valence-corrected chi connectivity index (χ3v) is 7.45. The number of thiazole rings is 1. The molecule has 0 atom stereocenters. The normalized spacial score (nSPS) is 15.2. The number of halogens is 1. The highest BCUT2D eigenvalue weighted by molar-refractivity contribution is 8.26. The van der Waals surface area contributed by atoms with E-state index in [4.69, 9.17) is 23.8 Å². The second-order valence-corrected chi connectivity index (χ2v) is 10.5. The zero-order valence-corrected chi connectivity index (χ0v) is 19.4. The summed E-state index contributed by atoms with van der Waals surface area (Å²) in [6.45, 7) is -0.140. The zero-order chi connectivity index (χ0) is 21.1. The predicted molar refractivity (Wildman–Crippen MR) is 129 cm³/mol. The van der Waals surface area contributed by atoms with E-state index in [0.717, 1.165) is 15.3 Å². The molecule has 0 spiro atoms. The van der Waals surface area contributed by atoms with Gasteiger partial charge in [-0.05, 0) is 35.2 Å². The molecule has 1 aromatic carbocycles. The van der Waals surface area contributed by atoms with E-state index in [1.165, 1.54) is 39.3 Å². The van der Waals surface area contributed by atoms with Crippen LogP contribution in [0.4, 0.5) is 5.13 Å². The van der Waals surface area contributed by atoms with Gasteiger partial charge in [0.05, 0.1) is 4.91 Å². The van der Waals surface area contributed by atoms with Gasteiger partial charge in [0.2, 0.25) is 5.91 Å². The molecule has 1 aliphatic rings. The summed E-state index contributed by atoms with van der Waals surface area (Å²) in [6.07, 6.45) is 4.23. The molecule has 2 aromatic heterocycles. The first-order valence-corrected chi connectivity index (χ1v) is 12.1. The lowest BCUT2D eigenvalue weighted by Crippen LogP contribution is -2.36. The van der Waals surface area contributed by atoms with E-state index < -0.39 is 0 Å². The molecule has 1 N–H and O–H groups in total. The first-order chi connectivity index (χ1) is 14.5. The molecule has 0 saturated carbocycles. The van der Waals surface area contributed by atoms with Crippen molar-refractivity contribution in [2.75, 3.05) is 11.9 Å². The zero-order valence-electron chi connectivity index (χ0n) is 15.3. The molecule has 1 aliphatic heterocycles. The summed E-state index contributed by atoms with van der Waals surface area (Å²) < 4.78 is 0.375. The van der Waals surface area contributed by atoms with Crippen molar-refractivity contribution in [2.45, 2.75) is 6.42 Å². The van der Waals surface area contributed by atoms with Crippen molar-refractivity contribution in [3.05, 3.63) is 73.2 Å². The van der Waals surface area contributed by atoms with Gasteiger partial charge in [-0.25, -0.2) is 4.98 Å². The fourth-order valence-corrected chi connectivity index (χ4v) is 5.66. The van der Waals surface area contributed by atoms with Crippen LogP contribution in [0.1, 0.15) is 15.3 Å². The van der Waals surface area contributed by atoms with E-state index in [1.807, 2.05) is 41.8 Å². The quantitative estimate of drug-likeness (QED) is 0.375. The largest absolute Gasteiger partial charge is 0.300 e. The van der Waals surface area contributed by atoms with Crippen LogP contribution in [-0.2, 0) is 16.0 Å². The van der Waals surface area contributed by atoms with Gasteiger partial charge in [-0.15, -0.1) is 22.7 Å². The topological polar surface area (TPSA) is 62.3 Å². The molecular weight excluding hydrogens is 478 g/mol. The molecule has 1 fully saturated rings. The van der Waals surface area contributed by atoms with Gasteiger partial charge in [0.15, 0.2) is 5.13 Å². The molecule has 0 radical (unpaired) electrons. The highest BCUT2D eigenvalue weighted by Gasteiger charge is 2.33. The van der Waals surface area contributed by atoms with Crippen LogP contribution < -0.4 is 5.32 Å². The highest BCUT2D eigenvalue weighted by atomic mass is 35.5. The van der Waals surface area contributed by atoms with Gasteiger partial charge in [-0.2, -0.15) is 0 Å². The van der Waals surface area contributed by atoms with Crippen molar-refractivity contribution in [3.63, 3.8) is 0 Å². The summed E-state index contributed by atoms with van der Waals surface area (Å²) in [5, 5.41) is 5.87. The number of nitrogens with zero attached hydrogens (tertiary/aromatic N) is 2. The molecule has 3 aromatic rings. The van der Waals surface area contributed by atoms with Crippen LogP contribution >= 0.6 is 58.3 Å². The van der Waals surface area contributed by atoms with Crippen LogP contribution in [0.15, 0.2) is 52.9 Å². The van der Waals surface area contributed by atoms with Crippen molar-refractivity contribution in [3.8, 4) is 0 Å². The summed E-state index contributed by atoms with van der Waals surface area (Å²) in [4.78, 5) is 33.1. The summed E-state index contributed by atoms with van der Waals surface area (Å²) >= 11 is 15.3. The summed E-state index contributed by atoms with van der Waals surface area (Å²) in [7, 11) is 0. The SMILES string of the molecule is O=C(CN1C(=O)/C(=C\c2cccs2)SC1=S)Nc1ncc(Cc2ccc(Cl)cc2)s1. The average molecular weight is 492 g/mol. The molecule has 30 heavy (non-hydrogen) atoms. The summed E-state index contributed by atoms with van der Waals surface area (Å²) in [6, 6.07) is 11.4. The lowest BCUT2D eigenvalue weighted by atomic mass is 10.1. The van der Waals surface area contributed by atoms with Crippen molar-refractivity contribution in [2.24, 2.45) is 0 Å². The Kier molecular flexibility index (Phi) is 6.64. The first-order valence-electron chi connectivity index (χ1n) is 8.76. The number of carbonyl (C=O) groups is 2. The number of rotatable bonds is 6. The molecule has 3 heterocycles. The number of hydrogen-bond acceptors (Lipinski definition) is 7. The smallest absolute Gasteiger partial charge is 0.266 e. The maximum atomic E-state index is 12.6. The van der Waals surface area contributed by atoms with Gasteiger partial charge in [-0.1, -0.05) is 53.8 Å². The Bertz CT molecular complexity index is 1120. The predicted octanol–water partition coefficient (Wildman–Crippen LogP) is 5.29. The Hall–Kier alpha value is -2.04. The second-order valence-electron chi connectivity index (χ2n) is 6.27. The lowest BCUT2D eigenvalue weighted by molar-refractivity contribution is -0.126. The molecule has 1 saturated heterocycles. The van der Waals surface area contributed by atoms with Crippen LogP contribution in [0.25, 0.3) is 6.08 Å². The van der Waals surface area contributed by atoms with E-state index in [9.17, 15) is 9.59 Å². The Balaban J connectivity index is 1.35. The monoisotopic (exact) mass is 491 g/mol. The molecule has 0 unspecified atom stereocenters. The minimum absolute atomic E-state index is 0.140. The van der Waals surface area contributed by atoms with E-state index >= 15 is 0 Å². The number of amides is 2. The number of hydrogen-bond donors (Lipinski definition) is 1. The number of benzene rings is 1. The van der Waals surface area contributed by atoms with Crippen LogP contribution in [0.3, 0.4) is 0 Å². The minimum atomic E-state index is -0.337. The van der Waals surface area contributed by atoms with Gasteiger partial charge in [-0.3, -0.25) is 14.5 Å². The third-order valence-electron chi connectivity index (χ3n) is 4.08. The Morgan fingerprint density at radius 2 is 2.07 bits per heavy atom. The van der Waals surface area contributed by atoms with Gasteiger partial charge in [0.1, 0.15) is 10.9 Å². The van der Waals surface area contributed by atoms with Crippen molar-refractivity contribution < 1.29 is 9.59 Å². The third kappa shape index (κ3) is 5.16. The van der Waals surface area contributed by atoms with Gasteiger partial charge < -0.3 is 5.32 Å². The lowest BCUT2D eigenvalue weighted by Gasteiger charge is -2.13. The van der Waals surface area contributed by atoms with Crippen LogP contribution in [0.5, 0.6) is 0 Å². The fourth-order valence-electron chi connectivity index (χ4n) is 2.69. The standard InChI is InChI=1S/C20H14ClN3O2S4/c21-13-5-3-12(4-6-13)8-15-10-22-19(29-15)23-17(25)11-24-18(26)16(30-20(24)27)9-14-2-1-7-28-14/h1-7,9-10H,8,11H2,(H,22,23,25)/b16-9+. The van der Waals surface area contributed by atoms with Crippen molar-refractivity contribution >= 4 is 85.6 Å². The van der Waals surface area contributed by atoms with Crippen molar-refractivity contribution in [1.29, 1.82) is 0 Å². The molecule has 0 bridgehead atoms. The molecule has 4 rings (SSSR count). The number of anilines is 1. The van der Waals surface area contributed by atoms with E-state index in [2.05, 4.69) is 10.3 Å². The summed E-state index contributed by atoms with van der Waals surface area (Å²) in [5.41, 5.74) is 1.11. The van der Waals surface area contributed by atoms with E-state index in [0.29, 0.717) is 25.8 Å². The highest BCUT2D eigenvalue weighted by Crippen LogP contribution is 2.33. The number of aromatic nitrogens is 1. The Labute approximate surface area is 195 Å². The van der Waals surface area contributed by atoms with Gasteiger partial charge in [0, 0.05) is 27.4 Å². The van der Waals surface area contributed by atoms with Crippen LogP contribution in [0, 0.1) is 0 Å². The second kappa shape index (κ2) is 9.40. The van der Waals surface area contributed by atoms with Gasteiger partial charge >= 0.3 is 0 Å². The van der Waals surface area contributed by atoms with Crippen molar-refractivity contribution in [1.82, 2.24) is 9.88 Å². The Morgan fingerprint density at radius 1 is 1.27 bits per heavy atom. The first kappa shape index (κ1) is 21.2. The van der Waals surface area contributed by atoms with Crippen LogP contribution in [0.2, 0.25) is 5.02 Å². The minimum Gasteiger partial charge on any atom is -0.300 e.